The minimum absolute atomic E-state index is 0.0446. The van der Waals surface area contributed by atoms with Crippen molar-refractivity contribution < 1.29 is 14.6 Å². The number of hydrogen-bond acceptors (Lipinski definition) is 1. The van der Waals surface area contributed by atoms with Gasteiger partial charge < -0.3 is 15.1 Å². The summed E-state index contributed by atoms with van der Waals surface area (Å²) in [4.78, 5) is 15.3. The summed E-state index contributed by atoms with van der Waals surface area (Å²) in [6.45, 7) is 7.44. The second-order valence-electron chi connectivity index (χ2n) is 7.30. The molecule has 0 unspecified atom stereocenters. The highest BCUT2D eigenvalue weighted by Crippen LogP contribution is 2.32. The Hall–Kier alpha value is -1.85. The van der Waals surface area contributed by atoms with Gasteiger partial charge in [-0.25, -0.2) is 0 Å². The summed E-state index contributed by atoms with van der Waals surface area (Å²) >= 11 is 12.5. The molecule has 3 rings (SSSR count). The molecule has 28 heavy (non-hydrogen) atoms. The number of hydrogen-bond donors (Lipinski definition) is 3. The van der Waals surface area contributed by atoms with Gasteiger partial charge in [0.05, 0.1) is 22.3 Å². The predicted molar refractivity (Wildman–Crippen MR) is 116 cm³/mol. The van der Waals surface area contributed by atoms with E-state index in [1.54, 1.807) is 11.0 Å². The fourth-order valence-electron chi connectivity index (χ4n) is 3.45. The van der Waals surface area contributed by atoms with Crippen LogP contribution in [0.4, 0.5) is 5.69 Å². The van der Waals surface area contributed by atoms with Gasteiger partial charge in [-0.2, -0.15) is 0 Å². The summed E-state index contributed by atoms with van der Waals surface area (Å²) in [5.41, 5.74) is 2.65. The monoisotopic (exact) mass is 419 g/mol. The van der Waals surface area contributed by atoms with E-state index in [-0.39, 0.29) is 5.91 Å². The minimum atomic E-state index is -0.0446. The molecule has 0 atom stereocenters. The lowest BCUT2D eigenvalue weighted by molar-refractivity contribution is -1.01. The van der Waals surface area contributed by atoms with E-state index in [2.05, 4.69) is 41.7 Å². The Bertz CT molecular complexity index is 831. The topological polar surface area (TPSA) is 38.0 Å². The largest absolute Gasteiger partial charge is 0.322 e. The molecule has 1 fully saturated rings. The number of quaternary nitrogens is 2. The van der Waals surface area contributed by atoms with E-state index in [1.807, 2.05) is 19.1 Å². The highest BCUT2D eigenvalue weighted by molar-refractivity contribution is 6.40. The predicted octanol–water partition coefficient (Wildman–Crippen LogP) is 1.74. The Morgan fingerprint density at radius 1 is 1.04 bits per heavy atom. The van der Waals surface area contributed by atoms with E-state index in [0.29, 0.717) is 22.3 Å². The van der Waals surface area contributed by atoms with E-state index in [1.165, 1.54) is 10.5 Å². The molecule has 1 heterocycles. The number of rotatable bonds is 6. The minimum Gasteiger partial charge on any atom is -0.322 e. The van der Waals surface area contributed by atoms with Crippen molar-refractivity contribution in [1.82, 2.24) is 0 Å². The van der Waals surface area contributed by atoms with Crippen LogP contribution >= 0.6 is 23.2 Å². The van der Waals surface area contributed by atoms with Crippen molar-refractivity contribution in [3.63, 3.8) is 0 Å². The molecule has 148 valence electrons. The molecule has 0 saturated carbocycles. The number of amides is 1. The van der Waals surface area contributed by atoms with E-state index >= 15 is 0 Å². The SMILES string of the molecule is Cc1ccc(Cl)c(NC(=O)C[NH+]2CC[NH+](C/C=C/c3ccccc3)CC2)c1Cl. The van der Waals surface area contributed by atoms with E-state index in [9.17, 15) is 4.79 Å². The molecule has 0 bridgehead atoms. The number of halogens is 2. The average molecular weight is 420 g/mol. The van der Waals surface area contributed by atoms with Gasteiger partial charge in [-0.1, -0.05) is 65.7 Å². The molecule has 0 radical (unpaired) electrons. The van der Waals surface area contributed by atoms with Gasteiger partial charge in [0.1, 0.15) is 26.2 Å². The number of carbonyl (C=O) groups excluding carboxylic acids is 1. The fourth-order valence-corrected chi connectivity index (χ4v) is 3.91. The Labute approximate surface area is 176 Å². The van der Waals surface area contributed by atoms with Crippen LogP contribution in [0.5, 0.6) is 0 Å². The van der Waals surface area contributed by atoms with Crippen LogP contribution in [-0.4, -0.2) is 45.2 Å². The lowest BCUT2D eigenvalue weighted by Crippen LogP contribution is -3.28. The van der Waals surface area contributed by atoms with Crippen LogP contribution in [0, 0.1) is 6.92 Å². The van der Waals surface area contributed by atoms with Gasteiger partial charge in [0, 0.05) is 0 Å². The fraction of sp³-hybridized carbons (Fsp3) is 0.318. The molecule has 2 aromatic rings. The molecular weight excluding hydrogens is 393 g/mol. The third kappa shape index (κ3) is 5.82. The molecule has 3 N–H and O–H groups in total. The smallest absolute Gasteiger partial charge is 0.279 e. The summed E-state index contributed by atoms with van der Waals surface area (Å²) in [6, 6.07) is 14.0. The van der Waals surface area contributed by atoms with Gasteiger partial charge in [0.15, 0.2) is 6.54 Å². The normalized spacial score (nSPS) is 19.7. The molecule has 0 spiro atoms. The number of piperazine rings is 1. The summed E-state index contributed by atoms with van der Waals surface area (Å²) in [6.07, 6.45) is 4.42. The summed E-state index contributed by atoms with van der Waals surface area (Å²) in [7, 11) is 0. The Morgan fingerprint density at radius 2 is 1.71 bits per heavy atom. The Kier molecular flexibility index (Phi) is 7.51. The summed E-state index contributed by atoms with van der Waals surface area (Å²) in [5.74, 6) is -0.0446. The van der Waals surface area contributed by atoms with Gasteiger partial charge in [-0.05, 0) is 30.2 Å². The number of anilines is 1. The molecule has 0 aromatic heterocycles. The van der Waals surface area contributed by atoms with E-state index in [4.69, 9.17) is 23.2 Å². The maximum Gasteiger partial charge on any atom is 0.279 e. The van der Waals surface area contributed by atoms with Crippen LogP contribution in [-0.2, 0) is 4.79 Å². The third-order valence-electron chi connectivity index (χ3n) is 5.14. The third-order valence-corrected chi connectivity index (χ3v) is 5.94. The highest BCUT2D eigenvalue weighted by atomic mass is 35.5. The van der Waals surface area contributed by atoms with Gasteiger partial charge in [-0.15, -0.1) is 0 Å². The lowest BCUT2D eigenvalue weighted by atomic mass is 10.2. The summed E-state index contributed by atoms with van der Waals surface area (Å²) in [5, 5.41) is 3.87. The number of nitrogens with one attached hydrogen (secondary N) is 3. The van der Waals surface area contributed by atoms with Crippen LogP contribution in [0.1, 0.15) is 11.1 Å². The van der Waals surface area contributed by atoms with E-state index < -0.39 is 0 Å². The number of aryl methyl sites for hydroxylation is 1. The van der Waals surface area contributed by atoms with Gasteiger partial charge >= 0.3 is 0 Å². The molecule has 6 heteroatoms. The van der Waals surface area contributed by atoms with Crippen molar-refractivity contribution in [2.45, 2.75) is 6.92 Å². The first kappa shape index (κ1) is 20.9. The maximum absolute atomic E-state index is 12.4. The Morgan fingerprint density at radius 3 is 2.43 bits per heavy atom. The number of carbonyl (C=O) groups is 1. The molecular formula is C22H27Cl2N3O+2. The van der Waals surface area contributed by atoms with Crippen molar-refractivity contribution >= 4 is 40.9 Å². The van der Waals surface area contributed by atoms with Crippen molar-refractivity contribution in [3.8, 4) is 0 Å². The van der Waals surface area contributed by atoms with Crippen LogP contribution in [0.2, 0.25) is 10.0 Å². The van der Waals surface area contributed by atoms with Crippen LogP contribution in [0.3, 0.4) is 0 Å². The number of benzene rings is 2. The van der Waals surface area contributed by atoms with Crippen LogP contribution in [0.15, 0.2) is 48.5 Å². The van der Waals surface area contributed by atoms with E-state index in [0.717, 1.165) is 38.3 Å². The van der Waals surface area contributed by atoms with Crippen LogP contribution in [0.25, 0.3) is 6.08 Å². The molecule has 1 aliphatic rings. The molecule has 1 saturated heterocycles. The second-order valence-corrected chi connectivity index (χ2v) is 8.08. The van der Waals surface area contributed by atoms with Gasteiger partial charge in [-0.3, -0.25) is 4.79 Å². The first-order valence-corrected chi connectivity index (χ1v) is 10.4. The lowest BCUT2D eigenvalue weighted by Gasteiger charge is -2.28. The molecule has 0 aliphatic carbocycles. The quantitative estimate of drug-likeness (QED) is 0.655. The Balaban J connectivity index is 1.43. The van der Waals surface area contributed by atoms with Crippen molar-refractivity contribution in [2.24, 2.45) is 0 Å². The second kappa shape index (κ2) is 10.1. The maximum atomic E-state index is 12.4. The molecule has 1 amide bonds. The zero-order valence-electron chi connectivity index (χ0n) is 16.1. The van der Waals surface area contributed by atoms with Crippen molar-refractivity contribution in [1.29, 1.82) is 0 Å². The first-order valence-electron chi connectivity index (χ1n) is 9.66. The van der Waals surface area contributed by atoms with Crippen molar-refractivity contribution in [3.05, 3.63) is 69.7 Å². The zero-order chi connectivity index (χ0) is 19.9. The van der Waals surface area contributed by atoms with Gasteiger partial charge in [0.2, 0.25) is 0 Å². The molecule has 4 nitrogen and oxygen atoms in total. The van der Waals surface area contributed by atoms with Crippen LogP contribution < -0.4 is 15.1 Å². The standard InChI is InChI=1S/C22H25Cl2N3O/c1-17-9-10-19(23)22(21(17)24)25-20(28)16-27-14-12-26(13-15-27)11-5-8-18-6-3-2-4-7-18/h2-10H,11-16H2,1H3,(H,25,28)/p+2/b8-5+. The zero-order valence-corrected chi connectivity index (χ0v) is 17.6. The van der Waals surface area contributed by atoms with Gasteiger partial charge in [0.25, 0.3) is 5.91 Å². The summed E-state index contributed by atoms with van der Waals surface area (Å²) < 4.78 is 0. The first-order chi connectivity index (χ1) is 13.5. The molecule has 1 aliphatic heterocycles. The van der Waals surface area contributed by atoms with Crippen molar-refractivity contribution in [2.75, 3.05) is 44.6 Å². The average Bonchev–Trinajstić information content (AvgIpc) is 2.70. The molecule has 2 aromatic carbocycles. The highest BCUT2D eigenvalue weighted by Gasteiger charge is 2.24.